The lowest BCUT2D eigenvalue weighted by Gasteiger charge is -2.14. The molecule has 2 aromatic rings. The van der Waals surface area contributed by atoms with Crippen LogP contribution in [-0.2, 0) is 14.8 Å². The monoisotopic (exact) mass is 431 g/mol. The van der Waals surface area contributed by atoms with E-state index in [0.29, 0.717) is 35.1 Å². The van der Waals surface area contributed by atoms with Crippen molar-refractivity contribution in [3.05, 3.63) is 24.4 Å². The van der Waals surface area contributed by atoms with Gasteiger partial charge in [-0.15, -0.1) is 11.3 Å². The smallest absolute Gasteiger partial charge is 0.250 e. The summed E-state index contributed by atoms with van der Waals surface area (Å²) in [7, 11) is -3.90. The molecule has 0 aliphatic rings. The molecule has 5 N–H and O–H groups in total. The van der Waals surface area contributed by atoms with E-state index in [1.165, 1.54) is 17.8 Å². The molecule has 0 saturated carbocycles. The van der Waals surface area contributed by atoms with Gasteiger partial charge in [0.1, 0.15) is 10.3 Å². The van der Waals surface area contributed by atoms with Gasteiger partial charge in [0, 0.05) is 12.7 Å². The second-order valence-electron chi connectivity index (χ2n) is 5.53. The number of unbranched alkanes of at least 4 members (excludes halogenated alkanes) is 1. The average Bonchev–Trinajstić information content (AvgIpc) is 3.15. The zero-order valence-electron chi connectivity index (χ0n) is 14.6. The van der Waals surface area contributed by atoms with Gasteiger partial charge in [-0.25, -0.2) is 23.9 Å². The van der Waals surface area contributed by atoms with Gasteiger partial charge in [-0.05, 0) is 43.7 Å². The molecule has 1 atom stereocenters. The molecular formula is C15H21N5O4S3. The fourth-order valence-corrected chi connectivity index (χ4v) is 5.12. The van der Waals surface area contributed by atoms with Gasteiger partial charge in [-0.3, -0.25) is 4.79 Å². The van der Waals surface area contributed by atoms with Crippen molar-refractivity contribution >= 4 is 39.0 Å². The van der Waals surface area contributed by atoms with Gasteiger partial charge in [-0.1, -0.05) is 11.8 Å². The number of aromatic nitrogens is 2. The van der Waals surface area contributed by atoms with E-state index in [9.17, 15) is 13.2 Å². The third-order valence-electron chi connectivity index (χ3n) is 3.59. The second kappa shape index (κ2) is 10.1. The Morgan fingerprint density at radius 3 is 2.81 bits per heavy atom. The highest BCUT2D eigenvalue weighted by molar-refractivity contribution is 7.98. The number of hydroxylamine groups is 1. The Morgan fingerprint density at radius 1 is 1.37 bits per heavy atom. The summed E-state index contributed by atoms with van der Waals surface area (Å²) in [5.74, 6) is -0.743. The highest BCUT2D eigenvalue weighted by Crippen LogP contribution is 2.30. The summed E-state index contributed by atoms with van der Waals surface area (Å²) >= 11 is 2.45. The molecule has 0 bridgehead atoms. The summed E-state index contributed by atoms with van der Waals surface area (Å²) in [6.45, 7) is 0.351. The lowest BCUT2D eigenvalue weighted by atomic mass is 10.1. The van der Waals surface area contributed by atoms with Crippen molar-refractivity contribution in [2.24, 2.45) is 5.73 Å². The first-order valence-corrected chi connectivity index (χ1v) is 11.6. The van der Waals surface area contributed by atoms with E-state index in [1.54, 1.807) is 18.3 Å². The summed E-state index contributed by atoms with van der Waals surface area (Å²) < 4.78 is 27.6. The van der Waals surface area contributed by atoms with Crippen LogP contribution in [0, 0.1) is 0 Å². The number of amides is 1. The first-order chi connectivity index (χ1) is 12.9. The highest BCUT2D eigenvalue weighted by atomic mass is 32.2. The number of nitrogens with one attached hydrogen (secondary N) is 2. The molecule has 2 aromatic heterocycles. The van der Waals surface area contributed by atoms with Crippen molar-refractivity contribution in [2.45, 2.75) is 34.7 Å². The third-order valence-corrected chi connectivity index (χ3v) is 7.22. The van der Waals surface area contributed by atoms with Crippen LogP contribution in [0.1, 0.15) is 19.3 Å². The number of nitrogens with two attached hydrogens (primary N) is 1. The Hall–Kier alpha value is -1.57. The van der Waals surface area contributed by atoms with Gasteiger partial charge in [-0.2, -0.15) is 4.72 Å². The standard InChI is InChI=1S/C15H21N5O4S3/c1-25-15-17-9-7-10(19-15)12-5-6-13(26-12)27(23,24)20-11(14(16)21)4-2-3-8-18-22/h5-7,9,11,18,20,22H,2-4,8H2,1H3,(H2,16,21)/t11-/m0/s1. The number of carbonyl (C=O) groups is 1. The first-order valence-electron chi connectivity index (χ1n) is 8.03. The number of thiophene rings is 1. The van der Waals surface area contributed by atoms with Crippen molar-refractivity contribution in [1.29, 1.82) is 0 Å². The largest absolute Gasteiger partial charge is 0.368 e. The first kappa shape index (κ1) is 21.7. The van der Waals surface area contributed by atoms with E-state index in [2.05, 4.69) is 14.7 Å². The molecule has 0 spiro atoms. The Bertz CT molecular complexity index is 872. The van der Waals surface area contributed by atoms with E-state index in [1.807, 2.05) is 11.7 Å². The molecule has 0 radical (unpaired) electrons. The van der Waals surface area contributed by atoms with E-state index >= 15 is 0 Å². The summed E-state index contributed by atoms with van der Waals surface area (Å²) in [5.41, 5.74) is 7.95. The van der Waals surface area contributed by atoms with Crippen LogP contribution < -0.4 is 15.9 Å². The van der Waals surface area contributed by atoms with Crippen molar-refractivity contribution in [1.82, 2.24) is 20.2 Å². The topological polar surface area (TPSA) is 147 Å². The zero-order valence-corrected chi connectivity index (χ0v) is 17.0. The normalized spacial score (nSPS) is 12.8. The molecule has 27 heavy (non-hydrogen) atoms. The van der Waals surface area contributed by atoms with Crippen LogP contribution in [0.25, 0.3) is 10.6 Å². The highest BCUT2D eigenvalue weighted by Gasteiger charge is 2.25. The summed E-state index contributed by atoms with van der Waals surface area (Å²) in [5, 5.41) is 9.14. The van der Waals surface area contributed by atoms with Crippen LogP contribution in [-0.4, -0.2) is 48.3 Å². The molecule has 0 aliphatic carbocycles. The SMILES string of the molecule is CSc1nccc(-c2ccc(S(=O)(=O)N[C@@H](CCCCNO)C(N)=O)s2)n1. The quantitative estimate of drug-likeness (QED) is 0.180. The fourth-order valence-electron chi connectivity index (χ4n) is 2.24. The predicted molar refractivity (Wildman–Crippen MR) is 104 cm³/mol. The minimum Gasteiger partial charge on any atom is -0.368 e. The van der Waals surface area contributed by atoms with Crippen LogP contribution >= 0.6 is 23.1 Å². The van der Waals surface area contributed by atoms with Gasteiger partial charge < -0.3 is 10.9 Å². The van der Waals surface area contributed by atoms with Crippen LogP contribution in [0.15, 0.2) is 33.8 Å². The number of sulfonamides is 1. The van der Waals surface area contributed by atoms with Crippen molar-refractivity contribution in [3.8, 4) is 10.6 Å². The Kier molecular flexibility index (Phi) is 8.13. The van der Waals surface area contributed by atoms with Crippen LogP contribution in [0.5, 0.6) is 0 Å². The molecular weight excluding hydrogens is 410 g/mol. The minimum absolute atomic E-state index is 0.0742. The molecule has 0 aliphatic heterocycles. The number of hydrogen-bond donors (Lipinski definition) is 4. The number of hydrogen-bond acceptors (Lipinski definition) is 9. The Balaban J connectivity index is 2.13. The molecule has 0 fully saturated rings. The Morgan fingerprint density at radius 2 is 2.15 bits per heavy atom. The molecule has 12 heteroatoms. The van der Waals surface area contributed by atoms with E-state index < -0.39 is 22.0 Å². The van der Waals surface area contributed by atoms with Gasteiger partial charge in [0.25, 0.3) is 10.0 Å². The molecule has 0 aromatic carbocycles. The Labute approximate surface area is 165 Å². The molecule has 148 valence electrons. The van der Waals surface area contributed by atoms with E-state index in [4.69, 9.17) is 10.9 Å². The van der Waals surface area contributed by atoms with Crippen LogP contribution in [0.4, 0.5) is 0 Å². The number of rotatable bonds is 11. The maximum atomic E-state index is 12.6. The number of nitrogens with zero attached hydrogens (tertiary/aromatic N) is 2. The predicted octanol–water partition coefficient (Wildman–Crippen LogP) is 1.21. The number of thioether (sulfide) groups is 1. The number of carbonyl (C=O) groups excluding carboxylic acids is 1. The minimum atomic E-state index is -3.90. The lowest BCUT2D eigenvalue weighted by Crippen LogP contribution is -2.44. The van der Waals surface area contributed by atoms with E-state index in [0.717, 1.165) is 11.3 Å². The van der Waals surface area contributed by atoms with Gasteiger partial charge in [0.15, 0.2) is 5.16 Å². The lowest BCUT2D eigenvalue weighted by molar-refractivity contribution is -0.119. The summed E-state index contributed by atoms with van der Waals surface area (Å²) in [6, 6.07) is 3.83. The molecule has 1 amide bonds. The van der Waals surface area contributed by atoms with Crippen molar-refractivity contribution in [3.63, 3.8) is 0 Å². The molecule has 0 saturated heterocycles. The van der Waals surface area contributed by atoms with Crippen LogP contribution in [0.2, 0.25) is 0 Å². The van der Waals surface area contributed by atoms with Crippen LogP contribution in [0.3, 0.4) is 0 Å². The zero-order chi connectivity index (χ0) is 19.9. The maximum Gasteiger partial charge on any atom is 0.250 e. The van der Waals surface area contributed by atoms with Gasteiger partial charge >= 0.3 is 0 Å². The molecule has 2 rings (SSSR count). The van der Waals surface area contributed by atoms with Gasteiger partial charge in [0.05, 0.1) is 10.6 Å². The number of primary amides is 1. The second-order valence-corrected chi connectivity index (χ2v) is 9.33. The third kappa shape index (κ3) is 6.23. The van der Waals surface area contributed by atoms with E-state index in [-0.39, 0.29) is 10.6 Å². The summed E-state index contributed by atoms with van der Waals surface area (Å²) in [6.07, 6.45) is 4.82. The molecule has 0 unspecified atom stereocenters. The molecule has 9 nitrogen and oxygen atoms in total. The fraction of sp³-hybridized carbons (Fsp3) is 0.400. The maximum absolute atomic E-state index is 12.6. The van der Waals surface area contributed by atoms with Crippen molar-refractivity contribution < 1.29 is 18.4 Å². The van der Waals surface area contributed by atoms with Crippen molar-refractivity contribution in [2.75, 3.05) is 12.8 Å². The summed E-state index contributed by atoms with van der Waals surface area (Å²) in [4.78, 5) is 20.7. The molecule has 2 heterocycles. The van der Waals surface area contributed by atoms with Gasteiger partial charge in [0.2, 0.25) is 5.91 Å². The average molecular weight is 432 g/mol.